The van der Waals surface area contributed by atoms with Gasteiger partial charge < -0.3 is 36.3 Å². The molecule has 0 rings (SSSR count). The van der Waals surface area contributed by atoms with Crippen LogP contribution in [0, 0.1) is 11.8 Å². The molecule has 0 heterocycles. The Bertz CT molecular complexity index is 798. The third kappa shape index (κ3) is 13.1. The molecule has 198 valence electrons. The number of nitrogens with one attached hydrogen (secondary N) is 4. The molecule has 0 aliphatic rings. The molecular weight excluding hydrogens is 464 g/mol. The molecule has 0 fully saturated rings. The molecule has 0 radical (unpaired) electrons. The van der Waals surface area contributed by atoms with Gasteiger partial charge in [0.1, 0.15) is 24.4 Å². The molecule has 13 nitrogen and oxygen atoms in total. The Morgan fingerprint density at radius 2 is 1.34 bits per heavy atom. The number of aldehydes is 1. The summed E-state index contributed by atoms with van der Waals surface area (Å²) < 4.78 is 0. The summed E-state index contributed by atoms with van der Waals surface area (Å²) in [6, 6.07) is -4.81. The molecule has 4 atom stereocenters. The van der Waals surface area contributed by atoms with Crippen LogP contribution in [0.5, 0.6) is 0 Å². The number of rotatable bonds is 16. The Morgan fingerprint density at radius 1 is 0.771 bits per heavy atom. The first-order chi connectivity index (χ1) is 16.2. The lowest BCUT2D eigenvalue weighted by Gasteiger charge is -2.27. The second kappa shape index (κ2) is 15.4. The van der Waals surface area contributed by atoms with Crippen molar-refractivity contribution in [3.8, 4) is 0 Å². The standard InChI is InChI=1S/C22H36N4O9/c1-11(2)8-16(23-13(5)28)21(34)25-15(6-7-17(29)30)20(33)26-19(12(3)4)22(35)24-14(10-27)9-18(31)32/h10-12,14-16,19H,6-9H2,1-5H3,(H,23,28)(H,24,35)(H,25,34)(H,26,33)(H,29,30)(H,31,32)/t14-,15-,16-,19-/m0/s1. The van der Waals surface area contributed by atoms with Crippen LogP contribution in [0.25, 0.3) is 0 Å². The van der Waals surface area contributed by atoms with Gasteiger partial charge in [0.05, 0.1) is 12.5 Å². The van der Waals surface area contributed by atoms with Crippen LogP contribution in [0.15, 0.2) is 0 Å². The Kier molecular flexibility index (Phi) is 13.9. The third-order valence-electron chi connectivity index (χ3n) is 4.81. The molecule has 0 aromatic rings. The molecule has 35 heavy (non-hydrogen) atoms. The van der Waals surface area contributed by atoms with E-state index in [1.54, 1.807) is 13.8 Å². The summed E-state index contributed by atoms with van der Waals surface area (Å²) in [4.78, 5) is 82.9. The number of carboxylic acids is 2. The smallest absolute Gasteiger partial charge is 0.305 e. The molecular formula is C22H36N4O9. The molecule has 0 aromatic carbocycles. The molecule has 0 saturated carbocycles. The number of amides is 4. The van der Waals surface area contributed by atoms with Crippen molar-refractivity contribution in [3.63, 3.8) is 0 Å². The maximum atomic E-state index is 13.0. The summed E-state index contributed by atoms with van der Waals surface area (Å²) in [5.74, 6) is -5.80. The maximum Gasteiger partial charge on any atom is 0.305 e. The normalized spacial score (nSPS) is 14.3. The minimum absolute atomic E-state index is 0.0227. The summed E-state index contributed by atoms with van der Waals surface area (Å²) in [6.45, 7) is 8.09. The fourth-order valence-corrected chi connectivity index (χ4v) is 3.14. The number of hydrogen-bond acceptors (Lipinski definition) is 7. The van der Waals surface area contributed by atoms with E-state index in [4.69, 9.17) is 10.2 Å². The summed E-state index contributed by atoms with van der Waals surface area (Å²) in [5, 5.41) is 27.5. The molecule has 0 unspecified atom stereocenters. The fraction of sp³-hybridized carbons (Fsp3) is 0.682. The zero-order chi connectivity index (χ0) is 27.3. The molecule has 0 saturated heterocycles. The SMILES string of the molecule is CC(=O)N[C@@H](CC(C)C)C(=O)N[C@@H](CCC(=O)O)C(=O)N[C@H](C(=O)N[C@H](C=O)CC(=O)O)C(C)C. The highest BCUT2D eigenvalue weighted by Gasteiger charge is 2.32. The number of carboxylic acid groups (broad SMARTS) is 2. The molecule has 4 amide bonds. The van der Waals surface area contributed by atoms with Gasteiger partial charge in [0, 0.05) is 13.3 Å². The lowest BCUT2D eigenvalue weighted by Crippen LogP contribution is -2.58. The van der Waals surface area contributed by atoms with Crippen molar-refractivity contribution >= 4 is 41.9 Å². The second-order valence-electron chi connectivity index (χ2n) is 8.96. The van der Waals surface area contributed by atoms with Gasteiger partial charge in [-0.05, 0) is 24.7 Å². The van der Waals surface area contributed by atoms with E-state index < -0.39 is 78.5 Å². The van der Waals surface area contributed by atoms with Crippen LogP contribution in [0.4, 0.5) is 0 Å². The van der Waals surface area contributed by atoms with Crippen molar-refractivity contribution in [1.29, 1.82) is 0 Å². The predicted octanol–water partition coefficient (Wildman–Crippen LogP) is -0.814. The largest absolute Gasteiger partial charge is 0.481 e. The third-order valence-corrected chi connectivity index (χ3v) is 4.81. The Labute approximate surface area is 203 Å². The van der Waals surface area contributed by atoms with Crippen LogP contribution < -0.4 is 21.3 Å². The van der Waals surface area contributed by atoms with E-state index >= 15 is 0 Å². The van der Waals surface area contributed by atoms with Gasteiger partial charge in [-0.15, -0.1) is 0 Å². The van der Waals surface area contributed by atoms with Crippen molar-refractivity contribution in [1.82, 2.24) is 21.3 Å². The van der Waals surface area contributed by atoms with Crippen molar-refractivity contribution in [2.75, 3.05) is 0 Å². The number of carbonyl (C=O) groups is 7. The van der Waals surface area contributed by atoms with Crippen molar-refractivity contribution in [3.05, 3.63) is 0 Å². The number of carbonyl (C=O) groups excluding carboxylic acids is 5. The summed E-state index contributed by atoms with van der Waals surface area (Å²) >= 11 is 0. The van der Waals surface area contributed by atoms with Crippen molar-refractivity contribution in [2.45, 2.75) is 84.5 Å². The van der Waals surface area contributed by atoms with E-state index in [1.807, 2.05) is 13.8 Å². The lowest BCUT2D eigenvalue weighted by atomic mass is 10.0. The lowest BCUT2D eigenvalue weighted by molar-refractivity contribution is -0.140. The molecule has 0 aromatic heterocycles. The minimum Gasteiger partial charge on any atom is -0.481 e. The van der Waals surface area contributed by atoms with Crippen LogP contribution >= 0.6 is 0 Å². The minimum atomic E-state index is -1.34. The number of aliphatic carboxylic acids is 2. The Balaban J connectivity index is 5.64. The van der Waals surface area contributed by atoms with Gasteiger partial charge in [-0.25, -0.2) is 0 Å². The van der Waals surface area contributed by atoms with E-state index in [1.165, 1.54) is 6.92 Å². The van der Waals surface area contributed by atoms with E-state index in [2.05, 4.69) is 21.3 Å². The van der Waals surface area contributed by atoms with Crippen LogP contribution in [-0.2, 0) is 33.6 Å². The van der Waals surface area contributed by atoms with E-state index in [0.717, 1.165) is 0 Å². The van der Waals surface area contributed by atoms with E-state index in [0.29, 0.717) is 0 Å². The number of hydrogen-bond donors (Lipinski definition) is 6. The molecule has 0 aliphatic carbocycles. The molecule has 13 heteroatoms. The van der Waals surface area contributed by atoms with Gasteiger partial charge in [-0.3, -0.25) is 28.8 Å². The fourth-order valence-electron chi connectivity index (χ4n) is 3.14. The highest BCUT2D eigenvalue weighted by atomic mass is 16.4. The van der Waals surface area contributed by atoms with Crippen LogP contribution in [0.2, 0.25) is 0 Å². The van der Waals surface area contributed by atoms with Gasteiger partial charge in [0.15, 0.2) is 0 Å². The first-order valence-corrected chi connectivity index (χ1v) is 11.2. The monoisotopic (exact) mass is 500 g/mol. The molecule has 6 N–H and O–H groups in total. The zero-order valence-corrected chi connectivity index (χ0v) is 20.6. The average molecular weight is 501 g/mol. The average Bonchev–Trinajstić information content (AvgIpc) is 2.71. The van der Waals surface area contributed by atoms with Crippen molar-refractivity contribution < 1.29 is 43.8 Å². The zero-order valence-electron chi connectivity index (χ0n) is 20.6. The van der Waals surface area contributed by atoms with Gasteiger partial charge in [0.2, 0.25) is 23.6 Å². The Morgan fingerprint density at radius 3 is 1.77 bits per heavy atom. The Hall–Kier alpha value is -3.51. The quantitative estimate of drug-likeness (QED) is 0.146. The summed E-state index contributed by atoms with van der Waals surface area (Å²) in [7, 11) is 0. The predicted molar refractivity (Wildman–Crippen MR) is 123 cm³/mol. The van der Waals surface area contributed by atoms with Gasteiger partial charge in [-0.2, -0.15) is 0 Å². The van der Waals surface area contributed by atoms with Gasteiger partial charge in [0.25, 0.3) is 0 Å². The first kappa shape index (κ1) is 31.5. The van der Waals surface area contributed by atoms with E-state index in [-0.39, 0.29) is 25.0 Å². The summed E-state index contributed by atoms with van der Waals surface area (Å²) in [5.41, 5.74) is 0. The highest BCUT2D eigenvalue weighted by molar-refractivity contribution is 5.95. The first-order valence-electron chi connectivity index (χ1n) is 11.2. The van der Waals surface area contributed by atoms with E-state index in [9.17, 15) is 33.6 Å². The van der Waals surface area contributed by atoms with Crippen LogP contribution in [0.3, 0.4) is 0 Å². The van der Waals surface area contributed by atoms with Crippen molar-refractivity contribution in [2.24, 2.45) is 11.8 Å². The van der Waals surface area contributed by atoms with Crippen LogP contribution in [0.1, 0.15) is 60.3 Å². The topological polar surface area (TPSA) is 208 Å². The second-order valence-corrected chi connectivity index (χ2v) is 8.96. The molecule has 0 spiro atoms. The molecule has 0 aliphatic heterocycles. The van der Waals surface area contributed by atoms with Crippen LogP contribution in [-0.4, -0.2) is 76.2 Å². The summed E-state index contributed by atoms with van der Waals surface area (Å²) in [6.07, 6.45) is -0.864. The molecule has 0 bridgehead atoms. The highest BCUT2D eigenvalue weighted by Crippen LogP contribution is 2.09. The van der Waals surface area contributed by atoms with Gasteiger partial charge in [-0.1, -0.05) is 27.7 Å². The maximum absolute atomic E-state index is 13.0. The van der Waals surface area contributed by atoms with Gasteiger partial charge >= 0.3 is 11.9 Å².